The second-order valence-electron chi connectivity index (χ2n) is 8.00. The summed E-state index contributed by atoms with van der Waals surface area (Å²) < 4.78 is 8.76. The van der Waals surface area contributed by atoms with Crippen molar-refractivity contribution < 1.29 is 4.74 Å². The van der Waals surface area contributed by atoms with Gasteiger partial charge in [0.05, 0.1) is 31.1 Å². The van der Waals surface area contributed by atoms with Gasteiger partial charge < -0.3 is 14.6 Å². The van der Waals surface area contributed by atoms with Crippen LogP contribution in [0.15, 0.2) is 29.7 Å². The summed E-state index contributed by atoms with van der Waals surface area (Å²) in [6.07, 6.45) is 5.73. The predicted octanol–water partition coefficient (Wildman–Crippen LogP) is 1.56. The number of ether oxygens (including phenoxy) is 1. The van der Waals surface area contributed by atoms with Crippen LogP contribution in [0.4, 0.5) is 5.82 Å². The van der Waals surface area contributed by atoms with Crippen molar-refractivity contribution in [2.24, 2.45) is 0 Å². The highest BCUT2D eigenvalue weighted by molar-refractivity contribution is 6.33. The van der Waals surface area contributed by atoms with Crippen LogP contribution in [0.1, 0.15) is 19.2 Å². The molecule has 1 aliphatic heterocycles. The first kappa shape index (κ1) is 21.8. The number of fused-ring (bicyclic) bond motifs is 2. The first-order chi connectivity index (χ1) is 16.2. The van der Waals surface area contributed by atoms with Crippen molar-refractivity contribution in [3.63, 3.8) is 0 Å². The van der Waals surface area contributed by atoms with E-state index in [1.165, 1.54) is 6.33 Å². The van der Waals surface area contributed by atoms with E-state index in [0.717, 1.165) is 43.9 Å². The Morgan fingerprint density at radius 1 is 1.21 bits per heavy atom. The Morgan fingerprint density at radius 2 is 2.06 bits per heavy atom. The summed E-state index contributed by atoms with van der Waals surface area (Å²) in [5, 5.41) is 5.18. The quantitative estimate of drug-likeness (QED) is 0.412. The van der Waals surface area contributed by atoms with Gasteiger partial charge in [0.15, 0.2) is 17.3 Å². The lowest BCUT2D eigenvalue weighted by atomic mass is 10.3. The molecular weight excluding hydrogens is 446 g/mol. The first-order valence-corrected chi connectivity index (χ1v) is 11.5. The molecule has 0 spiro atoms. The van der Waals surface area contributed by atoms with Crippen molar-refractivity contribution in [2.75, 3.05) is 44.3 Å². The van der Waals surface area contributed by atoms with Crippen LogP contribution >= 0.6 is 11.6 Å². The van der Waals surface area contributed by atoms with Gasteiger partial charge in [-0.05, 0) is 12.5 Å². The van der Waals surface area contributed by atoms with Crippen LogP contribution in [-0.2, 0) is 17.8 Å². The molecule has 174 valence electrons. The third kappa shape index (κ3) is 4.31. The molecule has 0 saturated carbocycles. The van der Waals surface area contributed by atoms with Crippen molar-refractivity contribution in [3.8, 4) is 0 Å². The van der Waals surface area contributed by atoms with E-state index in [-0.39, 0.29) is 5.56 Å². The van der Waals surface area contributed by atoms with E-state index >= 15 is 0 Å². The van der Waals surface area contributed by atoms with E-state index in [2.05, 4.69) is 36.7 Å². The van der Waals surface area contributed by atoms with E-state index in [0.29, 0.717) is 48.3 Å². The Morgan fingerprint density at radius 3 is 2.88 bits per heavy atom. The van der Waals surface area contributed by atoms with Crippen LogP contribution in [0.2, 0.25) is 5.02 Å². The van der Waals surface area contributed by atoms with Crippen LogP contribution in [0.25, 0.3) is 16.7 Å². The average Bonchev–Trinajstić information content (AvgIpc) is 3.46. The Balaban J connectivity index is 1.53. The second kappa shape index (κ2) is 9.46. The van der Waals surface area contributed by atoms with E-state index < -0.39 is 0 Å². The molecule has 4 aromatic heterocycles. The molecule has 12 heteroatoms. The van der Waals surface area contributed by atoms with Gasteiger partial charge >= 0.3 is 0 Å². The van der Waals surface area contributed by atoms with Crippen molar-refractivity contribution in [3.05, 3.63) is 46.1 Å². The van der Waals surface area contributed by atoms with E-state index in [1.807, 2.05) is 0 Å². The maximum Gasteiger partial charge on any atom is 0.279 e. The third-order valence-corrected chi connectivity index (χ3v) is 6.18. The molecule has 1 N–H and O–H groups in total. The lowest BCUT2D eigenvalue weighted by Crippen LogP contribution is -2.41. The minimum atomic E-state index is -0.144. The molecule has 1 fully saturated rings. The SMILES string of the molecule is CCCN(Cc1nn2ccc(Cl)c2c(=O)n1CCN1CCOCC1)c1ncnc2nc[nH]c12. The van der Waals surface area contributed by atoms with Crippen molar-refractivity contribution in [1.82, 2.24) is 39.0 Å². The number of aromatic nitrogens is 7. The molecule has 4 aromatic rings. The van der Waals surface area contributed by atoms with Gasteiger partial charge in [-0.1, -0.05) is 18.5 Å². The maximum atomic E-state index is 13.5. The topological polar surface area (TPSA) is 109 Å². The third-order valence-electron chi connectivity index (χ3n) is 5.87. The predicted molar refractivity (Wildman–Crippen MR) is 125 cm³/mol. The number of aromatic amines is 1. The minimum Gasteiger partial charge on any atom is -0.379 e. The summed E-state index contributed by atoms with van der Waals surface area (Å²) in [6.45, 7) is 7.62. The summed E-state index contributed by atoms with van der Waals surface area (Å²) >= 11 is 6.32. The molecular formula is C21H26ClN9O2. The largest absolute Gasteiger partial charge is 0.379 e. The van der Waals surface area contributed by atoms with Gasteiger partial charge in [-0.15, -0.1) is 0 Å². The molecule has 0 aliphatic carbocycles. The molecule has 0 radical (unpaired) electrons. The van der Waals surface area contributed by atoms with Gasteiger partial charge in [0, 0.05) is 38.9 Å². The highest BCUT2D eigenvalue weighted by atomic mass is 35.5. The number of morpholine rings is 1. The molecule has 0 amide bonds. The van der Waals surface area contributed by atoms with Gasteiger partial charge in [-0.3, -0.25) is 14.3 Å². The maximum absolute atomic E-state index is 13.5. The fourth-order valence-corrected chi connectivity index (χ4v) is 4.44. The van der Waals surface area contributed by atoms with Gasteiger partial charge in [0.1, 0.15) is 17.4 Å². The molecule has 33 heavy (non-hydrogen) atoms. The number of hydrogen-bond acceptors (Lipinski definition) is 8. The number of imidazole rings is 1. The molecule has 0 bridgehead atoms. The van der Waals surface area contributed by atoms with Crippen LogP contribution in [0.3, 0.4) is 0 Å². The number of H-pyrrole nitrogens is 1. The van der Waals surface area contributed by atoms with Gasteiger partial charge in [0.2, 0.25) is 0 Å². The van der Waals surface area contributed by atoms with Crippen LogP contribution in [0.5, 0.6) is 0 Å². The molecule has 0 aromatic carbocycles. The molecule has 5 rings (SSSR count). The van der Waals surface area contributed by atoms with Crippen molar-refractivity contribution in [1.29, 1.82) is 0 Å². The summed E-state index contributed by atoms with van der Waals surface area (Å²) in [6, 6.07) is 1.70. The lowest BCUT2D eigenvalue weighted by Gasteiger charge is -2.28. The number of nitrogens with one attached hydrogen (secondary N) is 1. The highest BCUT2D eigenvalue weighted by Crippen LogP contribution is 2.22. The Kier molecular flexibility index (Phi) is 6.25. The van der Waals surface area contributed by atoms with Crippen molar-refractivity contribution >= 4 is 34.1 Å². The summed E-state index contributed by atoms with van der Waals surface area (Å²) in [7, 11) is 0. The molecule has 5 heterocycles. The minimum absolute atomic E-state index is 0.144. The molecule has 1 saturated heterocycles. The van der Waals surface area contributed by atoms with Gasteiger partial charge in [-0.2, -0.15) is 5.10 Å². The number of anilines is 1. The molecule has 11 nitrogen and oxygen atoms in total. The first-order valence-electron chi connectivity index (χ1n) is 11.1. The monoisotopic (exact) mass is 471 g/mol. The van der Waals surface area contributed by atoms with Gasteiger partial charge in [0.25, 0.3) is 5.56 Å². The fourth-order valence-electron chi connectivity index (χ4n) is 4.21. The van der Waals surface area contributed by atoms with Crippen LogP contribution < -0.4 is 10.5 Å². The Bertz CT molecular complexity index is 1310. The van der Waals surface area contributed by atoms with E-state index in [9.17, 15) is 4.79 Å². The Hall–Kier alpha value is -3.02. The zero-order chi connectivity index (χ0) is 22.8. The van der Waals surface area contributed by atoms with Gasteiger partial charge in [-0.25, -0.2) is 19.5 Å². The zero-order valence-corrected chi connectivity index (χ0v) is 19.2. The van der Waals surface area contributed by atoms with Crippen molar-refractivity contribution in [2.45, 2.75) is 26.4 Å². The van der Waals surface area contributed by atoms with Crippen LogP contribution in [0, 0.1) is 0 Å². The van der Waals surface area contributed by atoms with E-state index in [4.69, 9.17) is 21.4 Å². The summed E-state index contributed by atoms with van der Waals surface area (Å²) in [4.78, 5) is 34.0. The number of nitrogens with zero attached hydrogens (tertiary/aromatic N) is 8. The summed E-state index contributed by atoms with van der Waals surface area (Å²) in [5.41, 5.74) is 1.61. The lowest BCUT2D eigenvalue weighted by molar-refractivity contribution is 0.0361. The van der Waals surface area contributed by atoms with Crippen LogP contribution in [-0.4, -0.2) is 78.4 Å². The zero-order valence-electron chi connectivity index (χ0n) is 18.4. The normalized spacial score (nSPS) is 15.0. The Labute approximate surface area is 195 Å². The van der Waals surface area contributed by atoms with E-state index in [1.54, 1.807) is 27.7 Å². The number of rotatable bonds is 8. The average molecular weight is 472 g/mol. The standard InChI is InChI=1S/C21H26ClN9O2/c1-2-4-29(20-17-19(24-13-23-17)25-14-26-20)12-16-27-31-5-3-15(22)18(31)21(32)30(16)7-6-28-8-10-33-11-9-28/h3,5,13-14H,2,4,6-12H2,1H3,(H,23,24,25,26). The smallest absolute Gasteiger partial charge is 0.279 e. The molecule has 0 atom stereocenters. The fraction of sp³-hybridized carbons (Fsp3) is 0.476. The second-order valence-corrected chi connectivity index (χ2v) is 8.41. The summed E-state index contributed by atoms with van der Waals surface area (Å²) in [5.74, 6) is 1.38. The molecule has 0 unspecified atom stereocenters. The highest BCUT2D eigenvalue weighted by Gasteiger charge is 2.20. The number of halogens is 1. The molecule has 1 aliphatic rings. The number of hydrogen-bond donors (Lipinski definition) is 1.